The van der Waals surface area contributed by atoms with Crippen molar-refractivity contribution in [2.24, 2.45) is 5.10 Å². The van der Waals surface area contributed by atoms with Crippen LogP contribution in [0.15, 0.2) is 59.7 Å². The van der Waals surface area contributed by atoms with Crippen molar-refractivity contribution in [2.75, 3.05) is 0 Å². The summed E-state index contributed by atoms with van der Waals surface area (Å²) in [5.74, 6) is -0.179. The van der Waals surface area contributed by atoms with E-state index in [1.807, 2.05) is 30.3 Å². The second kappa shape index (κ2) is 7.68. The van der Waals surface area contributed by atoms with Crippen LogP contribution >= 0.6 is 0 Å². The van der Waals surface area contributed by atoms with Gasteiger partial charge in [0.2, 0.25) is 5.91 Å². The molecule has 0 unspecified atom stereocenters. The summed E-state index contributed by atoms with van der Waals surface area (Å²) < 4.78 is 0. The first-order chi connectivity index (χ1) is 10.6. The lowest BCUT2D eigenvalue weighted by molar-refractivity contribution is -0.384. The first-order valence-electron chi connectivity index (χ1n) is 6.75. The maximum Gasteiger partial charge on any atom is 0.269 e. The number of nitrogens with zero attached hydrogens (tertiary/aromatic N) is 2. The Kier molecular flexibility index (Phi) is 5.37. The number of benzene rings is 2. The third kappa shape index (κ3) is 4.82. The van der Waals surface area contributed by atoms with E-state index in [1.165, 1.54) is 18.3 Å². The van der Waals surface area contributed by atoms with E-state index in [1.54, 1.807) is 12.1 Å². The number of hydrogen-bond donors (Lipinski definition) is 1. The molecular formula is C16H15N3O3. The Morgan fingerprint density at radius 1 is 1.14 bits per heavy atom. The SMILES string of the molecule is O=C(CCc1ccccc1)N/N=C\c1ccc([N+](=O)[O-])cc1. The zero-order valence-corrected chi connectivity index (χ0v) is 11.8. The molecule has 22 heavy (non-hydrogen) atoms. The average molecular weight is 297 g/mol. The minimum atomic E-state index is -0.466. The van der Waals surface area contributed by atoms with Crippen molar-refractivity contribution in [1.29, 1.82) is 0 Å². The van der Waals surface area contributed by atoms with Crippen LogP contribution in [0.4, 0.5) is 5.69 Å². The fraction of sp³-hybridized carbons (Fsp3) is 0.125. The van der Waals surface area contributed by atoms with Gasteiger partial charge in [0.15, 0.2) is 0 Å². The Bertz CT molecular complexity index is 667. The van der Waals surface area contributed by atoms with Crippen LogP contribution in [0.2, 0.25) is 0 Å². The van der Waals surface area contributed by atoms with E-state index in [4.69, 9.17) is 0 Å². The van der Waals surface area contributed by atoms with Gasteiger partial charge in [-0.1, -0.05) is 30.3 Å². The van der Waals surface area contributed by atoms with E-state index < -0.39 is 4.92 Å². The zero-order chi connectivity index (χ0) is 15.8. The van der Waals surface area contributed by atoms with Gasteiger partial charge < -0.3 is 0 Å². The van der Waals surface area contributed by atoms with Gasteiger partial charge in [-0.2, -0.15) is 5.10 Å². The topological polar surface area (TPSA) is 84.6 Å². The van der Waals surface area contributed by atoms with E-state index in [-0.39, 0.29) is 11.6 Å². The minimum Gasteiger partial charge on any atom is -0.273 e. The summed E-state index contributed by atoms with van der Waals surface area (Å²) in [6.07, 6.45) is 2.45. The van der Waals surface area contributed by atoms with Crippen LogP contribution in [-0.4, -0.2) is 17.0 Å². The molecule has 2 aromatic carbocycles. The van der Waals surface area contributed by atoms with E-state index in [2.05, 4.69) is 10.5 Å². The van der Waals surface area contributed by atoms with Gasteiger partial charge in [0.25, 0.3) is 5.69 Å². The van der Waals surface area contributed by atoms with Gasteiger partial charge in [0, 0.05) is 18.6 Å². The highest BCUT2D eigenvalue weighted by Gasteiger charge is 2.03. The highest BCUT2D eigenvalue weighted by molar-refractivity contribution is 5.82. The summed E-state index contributed by atoms with van der Waals surface area (Å²) in [5, 5.41) is 14.4. The number of aryl methyl sites for hydroxylation is 1. The fourth-order valence-corrected chi connectivity index (χ4v) is 1.82. The van der Waals surface area contributed by atoms with Gasteiger partial charge in [0.05, 0.1) is 11.1 Å². The summed E-state index contributed by atoms with van der Waals surface area (Å²) in [7, 11) is 0. The molecule has 0 aromatic heterocycles. The molecule has 0 aliphatic heterocycles. The molecule has 1 amide bonds. The van der Waals surface area contributed by atoms with Crippen LogP contribution < -0.4 is 5.43 Å². The predicted molar refractivity (Wildman–Crippen MR) is 83.6 cm³/mol. The summed E-state index contributed by atoms with van der Waals surface area (Å²) in [6.45, 7) is 0. The lowest BCUT2D eigenvalue weighted by atomic mass is 10.1. The maximum absolute atomic E-state index is 11.6. The Morgan fingerprint density at radius 3 is 2.45 bits per heavy atom. The normalized spacial score (nSPS) is 10.5. The number of amides is 1. The first-order valence-corrected chi connectivity index (χ1v) is 6.75. The largest absolute Gasteiger partial charge is 0.273 e. The molecule has 0 fully saturated rings. The van der Waals surface area contributed by atoms with Crippen LogP contribution in [-0.2, 0) is 11.2 Å². The molecule has 0 atom stereocenters. The summed E-state index contributed by atoms with van der Waals surface area (Å²) in [5.41, 5.74) is 4.22. The maximum atomic E-state index is 11.6. The summed E-state index contributed by atoms with van der Waals surface area (Å²) in [4.78, 5) is 21.7. The van der Waals surface area contributed by atoms with Crippen molar-refractivity contribution < 1.29 is 9.72 Å². The summed E-state index contributed by atoms with van der Waals surface area (Å²) >= 11 is 0. The molecule has 1 N–H and O–H groups in total. The number of hydrazone groups is 1. The van der Waals surface area contributed by atoms with Crippen molar-refractivity contribution in [3.8, 4) is 0 Å². The number of hydrogen-bond acceptors (Lipinski definition) is 4. The average Bonchev–Trinajstić information content (AvgIpc) is 2.54. The quantitative estimate of drug-likeness (QED) is 0.505. The van der Waals surface area contributed by atoms with Crippen molar-refractivity contribution in [2.45, 2.75) is 12.8 Å². The van der Waals surface area contributed by atoms with Crippen molar-refractivity contribution >= 4 is 17.8 Å². The van der Waals surface area contributed by atoms with Crippen LogP contribution in [0, 0.1) is 10.1 Å². The van der Waals surface area contributed by atoms with E-state index >= 15 is 0 Å². The standard InChI is InChI=1S/C16H15N3O3/c20-16(11-8-13-4-2-1-3-5-13)18-17-12-14-6-9-15(10-7-14)19(21)22/h1-7,9-10,12H,8,11H2,(H,18,20)/b17-12-. The third-order valence-electron chi connectivity index (χ3n) is 2.99. The molecule has 0 saturated heterocycles. The second-order valence-corrected chi connectivity index (χ2v) is 4.63. The number of non-ortho nitro benzene ring substituents is 1. The van der Waals surface area contributed by atoms with Gasteiger partial charge in [-0.3, -0.25) is 14.9 Å². The molecule has 0 aliphatic carbocycles. The first kappa shape index (κ1) is 15.4. The lowest BCUT2D eigenvalue weighted by Crippen LogP contribution is -2.17. The van der Waals surface area contributed by atoms with Gasteiger partial charge in [-0.05, 0) is 29.7 Å². The second-order valence-electron chi connectivity index (χ2n) is 4.63. The van der Waals surface area contributed by atoms with Crippen molar-refractivity contribution in [3.05, 3.63) is 75.8 Å². The molecule has 0 spiro atoms. The summed E-state index contributed by atoms with van der Waals surface area (Å²) in [6, 6.07) is 15.6. The highest BCUT2D eigenvalue weighted by atomic mass is 16.6. The third-order valence-corrected chi connectivity index (χ3v) is 2.99. The van der Waals surface area contributed by atoms with E-state index in [0.29, 0.717) is 18.4 Å². The molecule has 0 aliphatic rings. The molecule has 0 bridgehead atoms. The number of nitro benzene ring substituents is 1. The molecule has 112 valence electrons. The Labute approximate surface area is 127 Å². The van der Waals surface area contributed by atoms with Crippen LogP contribution in [0.3, 0.4) is 0 Å². The lowest BCUT2D eigenvalue weighted by Gasteiger charge is -2.00. The molecule has 2 aromatic rings. The molecule has 0 radical (unpaired) electrons. The molecule has 2 rings (SSSR count). The monoisotopic (exact) mass is 297 g/mol. The number of carbonyl (C=O) groups is 1. The van der Waals surface area contributed by atoms with Gasteiger partial charge in [0.1, 0.15) is 0 Å². The van der Waals surface area contributed by atoms with Crippen molar-refractivity contribution in [1.82, 2.24) is 5.43 Å². The minimum absolute atomic E-state index is 0.0176. The van der Waals surface area contributed by atoms with E-state index in [9.17, 15) is 14.9 Å². The van der Waals surface area contributed by atoms with Gasteiger partial charge in [-0.25, -0.2) is 5.43 Å². The molecular weight excluding hydrogens is 282 g/mol. The predicted octanol–water partition coefficient (Wildman–Crippen LogP) is 2.68. The van der Waals surface area contributed by atoms with E-state index in [0.717, 1.165) is 5.56 Å². The number of nitrogens with one attached hydrogen (secondary N) is 1. The van der Waals surface area contributed by atoms with Crippen LogP contribution in [0.25, 0.3) is 0 Å². The number of nitro groups is 1. The highest BCUT2D eigenvalue weighted by Crippen LogP contribution is 2.10. The molecule has 6 heteroatoms. The zero-order valence-electron chi connectivity index (χ0n) is 11.8. The molecule has 0 heterocycles. The number of rotatable bonds is 6. The van der Waals surface area contributed by atoms with Crippen LogP contribution in [0.1, 0.15) is 17.5 Å². The molecule has 0 saturated carbocycles. The Hall–Kier alpha value is -3.02. The Balaban J connectivity index is 1.79. The smallest absolute Gasteiger partial charge is 0.269 e. The van der Waals surface area contributed by atoms with Gasteiger partial charge >= 0.3 is 0 Å². The number of carbonyl (C=O) groups excluding carboxylic acids is 1. The molecule has 6 nitrogen and oxygen atoms in total. The van der Waals surface area contributed by atoms with Gasteiger partial charge in [-0.15, -0.1) is 0 Å². The van der Waals surface area contributed by atoms with Crippen molar-refractivity contribution in [3.63, 3.8) is 0 Å². The van der Waals surface area contributed by atoms with Crippen LogP contribution in [0.5, 0.6) is 0 Å². The Morgan fingerprint density at radius 2 is 1.82 bits per heavy atom. The fourth-order valence-electron chi connectivity index (χ4n) is 1.82.